The Morgan fingerprint density at radius 2 is 1.73 bits per heavy atom. The summed E-state index contributed by atoms with van der Waals surface area (Å²) < 4.78 is 34.7. The lowest BCUT2D eigenvalue weighted by Gasteiger charge is -2.26. The number of rotatable bonds is 11. The molecule has 2 aliphatic rings. The molecule has 2 saturated carbocycles. The molecule has 4 N–H and O–H groups in total. The number of aromatic nitrogens is 2. The third-order valence-corrected chi connectivity index (χ3v) is 7.57. The van der Waals surface area contributed by atoms with Crippen molar-refractivity contribution in [3.05, 3.63) is 96.2 Å². The lowest BCUT2D eigenvalue weighted by atomic mass is 10.0. The van der Waals surface area contributed by atoms with Gasteiger partial charge in [-0.05, 0) is 86.2 Å². The first-order valence-corrected chi connectivity index (χ1v) is 14.1. The number of nitrogens with one attached hydrogen (secondary N) is 2. The Labute approximate surface area is 251 Å². The zero-order valence-corrected chi connectivity index (χ0v) is 23.4. The molecule has 1 heterocycles. The van der Waals surface area contributed by atoms with Crippen molar-refractivity contribution in [3.8, 4) is 11.6 Å². The molecule has 224 valence electrons. The number of nitrogens with zero attached hydrogens (tertiary/aromatic N) is 3. The molecule has 0 spiro atoms. The maximum atomic E-state index is 15.4. The summed E-state index contributed by atoms with van der Waals surface area (Å²) in [6, 6.07) is 17.2. The van der Waals surface area contributed by atoms with Crippen molar-refractivity contribution in [3.63, 3.8) is 0 Å². The Balaban J connectivity index is 1.19. The lowest BCUT2D eigenvalue weighted by molar-refractivity contribution is -0.133. The highest BCUT2D eigenvalue weighted by atomic mass is 19.1. The second-order valence-electron chi connectivity index (χ2n) is 10.9. The van der Waals surface area contributed by atoms with Gasteiger partial charge in [-0.25, -0.2) is 13.8 Å². The lowest BCUT2D eigenvalue weighted by Crippen LogP contribution is -2.41. The SMILES string of the molecule is NC(=O)C1(C(=O)N(c2ccc(F)cc2)c2ccc(Oc3ccnc(Nc4cccc(C(=O)NCC5CC5)c4)n3)c(F)c2)CC1. The van der Waals surface area contributed by atoms with Crippen LogP contribution >= 0.6 is 0 Å². The smallest absolute Gasteiger partial charge is 0.251 e. The van der Waals surface area contributed by atoms with Crippen molar-refractivity contribution in [2.75, 3.05) is 16.8 Å². The number of ether oxygens (including phenoxy) is 1. The van der Waals surface area contributed by atoms with Crippen LogP contribution < -0.4 is 26.0 Å². The number of carbonyl (C=O) groups is 3. The summed E-state index contributed by atoms with van der Waals surface area (Å²) in [6.07, 6.45) is 4.24. The predicted molar refractivity (Wildman–Crippen MR) is 158 cm³/mol. The van der Waals surface area contributed by atoms with Gasteiger partial charge in [0, 0.05) is 41.8 Å². The van der Waals surface area contributed by atoms with E-state index in [0.29, 0.717) is 23.7 Å². The predicted octanol–water partition coefficient (Wildman–Crippen LogP) is 5.36. The third-order valence-electron chi connectivity index (χ3n) is 7.57. The molecular formula is C32H28F2N6O4. The average Bonchev–Trinajstić information content (AvgIpc) is 3.94. The molecule has 1 aromatic heterocycles. The van der Waals surface area contributed by atoms with E-state index in [1.807, 2.05) is 0 Å². The number of halogens is 2. The van der Waals surface area contributed by atoms with Crippen molar-refractivity contribution < 1.29 is 27.9 Å². The molecule has 2 fully saturated rings. The molecule has 44 heavy (non-hydrogen) atoms. The number of hydrogen-bond donors (Lipinski definition) is 3. The van der Waals surface area contributed by atoms with Crippen molar-refractivity contribution in [1.29, 1.82) is 0 Å². The van der Waals surface area contributed by atoms with E-state index >= 15 is 4.39 Å². The van der Waals surface area contributed by atoms with Crippen LogP contribution in [0.1, 0.15) is 36.0 Å². The molecule has 4 aromatic rings. The van der Waals surface area contributed by atoms with Gasteiger partial charge in [0.25, 0.3) is 5.91 Å². The van der Waals surface area contributed by atoms with Crippen LogP contribution in [0.4, 0.5) is 31.8 Å². The molecule has 10 nitrogen and oxygen atoms in total. The number of anilines is 4. The van der Waals surface area contributed by atoms with Gasteiger partial charge in [0.1, 0.15) is 11.2 Å². The van der Waals surface area contributed by atoms with E-state index < -0.39 is 28.9 Å². The van der Waals surface area contributed by atoms with Crippen LogP contribution in [0.25, 0.3) is 0 Å². The van der Waals surface area contributed by atoms with E-state index in [0.717, 1.165) is 35.9 Å². The number of carbonyl (C=O) groups excluding carboxylic acids is 3. The summed E-state index contributed by atoms with van der Waals surface area (Å²) in [5, 5.41) is 5.95. The largest absolute Gasteiger partial charge is 0.436 e. The minimum absolute atomic E-state index is 0.0320. The molecule has 0 atom stereocenters. The summed E-state index contributed by atoms with van der Waals surface area (Å²) in [5.74, 6) is -2.33. The van der Waals surface area contributed by atoms with E-state index in [9.17, 15) is 18.8 Å². The van der Waals surface area contributed by atoms with Crippen molar-refractivity contribution >= 4 is 40.7 Å². The van der Waals surface area contributed by atoms with Crippen molar-refractivity contribution in [1.82, 2.24) is 15.3 Å². The second-order valence-corrected chi connectivity index (χ2v) is 10.9. The van der Waals surface area contributed by atoms with Crippen LogP contribution in [0.3, 0.4) is 0 Å². The summed E-state index contributed by atoms with van der Waals surface area (Å²) >= 11 is 0. The van der Waals surface area contributed by atoms with E-state index in [1.165, 1.54) is 36.5 Å². The van der Waals surface area contributed by atoms with E-state index in [-0.39, 0.29) is 47.7 Å². The minimum Gasteiger partial charge on any atom is -0.436 e. The van der Waals surface area contributed by atoms with E-state index in [1.54, 1.807) is 24.3 Å². The first-order valence-electron chi connectivity index (χ1n) is 14.1. The first kappa shape index (κ1) is 28.7. The number of primary amides is 1. The van der Waals surface area contributed by atoms with Gasteiger partial charge in [0.15, 0.2) is 11.6 Å². The maximum absolute atomic E-state index is 15.4. The van der Waals surface area contributed by atoms with Gasteiger partial charge in [-0.1, -0.05) is 6.07 Å². The normalized spacial score (nSPS) is 14.8. The summed E-state index contributed by atoms with van der Waals surface area (Å²) in [5.41, 5.74) is 5.53. The zero-order chi connectivity index (χ0) is 30.8. The summed E-state index contributed by atoms with van der Waals surface area (Å²) in [4.78, 5) is 47.7. The average molecular weight is 599 g/mol. The molecule has 3 aromatic carbocycles. The number of amides is 3. The molecule has 12 heteroatoms. The van der Waals surface area contributed by atoms with Crippen LogP contribution in [0.15, 0.2) is 79.0 Å². The molecule has 3 amide bonds. The van der Waals surface area contributed by atoms with Crippen LogP contribution in [0.2, 0.25) is 0 Å². The van der Waals surface area contributed by atoms with Gasteiger partial charge in [0.2, 0.25) is 23.6 Å². The highest BCUT2D eigenvalue weighted by Gasteiger charge is 2.57. The molecular weight excluding hydrogens is 570 g/mol. The summed E-state index contributed by atoms with van der Waals surface area (Å²) in [6.45, 7) is 0.658. The minimum atomic E-state index is -1.40. The molecule has 2 aliphatic carbocycles. The third kappa shape index (κ3) is 6.19. The van der Waals surface area contributed by atoms with Gasteiger partial charge in [0.05, 0.1) is 5.69 Å². The number of hydrogen-bond acceptors (Lipinski definition) is 7. The fraction of sp³-hybridized carbons (Fsp3) is 0.219. The Kier molecular flexibility index (Phi) is 7.64. The van der Waals surface area contributed by atoms with E-state index in [2.05, 4.69) is 20.6 Å². The Bertz CT molecular complexity index is 1740. The first-order chi connectivity index (χ1) is 21.2. The molecule has 0 radical (unpaired) electrons. The highest BCUT2D eigenvalue weighted by Crippen LogP contribution is 2.49. The van der Waals surface area contributed by atoms with Crippen molar-refractivity contribution in [2.45, 2.75) is 25.7 Å². The Hall–Kier alpha value is -5.39. The zero-order valence-electron chi connectivity index (χ0n) is 23.4. The number of nitrogens with two attached hydrogens (primary N) is 1. The molecule has 6 rings (SSSR count). The van der Waals surface area contributed by atoms with Crippen LogP contribution in [0, 0.1) is 23.0 Å². The maximum Gasteiger partial charge on any atom is 0.251 e. The van der Waals surface area contributed by atoms with Crippen molar-refractivity contribution in [2.24, 2.45) is 17.1 Å². The summed E-state index contributed by atoms with van der Waals surface area (Å²) in [7, 11) is 0. The Morgan fingerprint density at radius 1 is 0.977 bits per heavy atom. The van der Waals surface area contributed by atoms with Gasteiger partial charge in [-0.2, -0.15) is 4.98 Å². The van der Waals surface area contributed by atoms with Crippen LogP contribution in [-0.4, -0.2) is 34.2 Å². The highest BCUT2D eigenvalue weighted by molar-refractivity contribution is 6.16. The quantitative estimate of drug-likeness (QED) is 0.198. The monoisotopic (exact) mass is 598 g/mol. The molecule has 0 aliphatic heterocycles. The fourth-order valence-corrected chi connectivity index (χ4v) is 4.69. The molecule has 0 bridgehead atoms. The van der Waals surface area contributed by atoms with Crippen LogP contribution in [0.5, 0.6) is 11.6 Å². The fourth-order valence-electron chi connectivity index (χ4n) is 4.69. The van der Waals surface area contributed by atoms with E-state index in [4.69, 9.17) is 10.5 Å². The topological polar surface area (TPSA) is 140 Å². The molecule has 0 saturated heterocycles. The van der Waals surface area contributed by atoms with Gasteiger partial charge in [-0.15, -0.1) is 0 Å². The Morgan fingerprint density at radius 3 is 2.41 bits per heavy atom. The van der Waals surface area contributed by atoms with Gasteiger partial charge in [-0.3, -0.25) is 19.3 Å². The second kappa shape index (κ2) is 11.7. The standard InChI is InChI=1S/C32H28F2N6O4/c33-21-6-8-23(9-7-21)40(30(43)32(13-14-32)29(35)42)24-10-11-26(25(34)17-24)44-27-12-15-36-31(39-27)38-22-3-1-2-20(16-22)28(41)37-18-19-4-5-19/h1-3,6-12,15-17,19H,4-5,13-14,18H2,(H2,35,42)(H,37,41)(H,36,38,39). The number of benzene rings is 3. The van der Waals surface area contributed by atoms with Crippen LogP contribution in [-0.2, 0) is 9.59 Å². The van der Waals surface area contributed by atoms with Gasteiger partial charge < -0.3 is 21.1 Å². The van der Waals surface area contributed by atoms with Gasteiger partial charge >= 0.3 is 0 Å². The molecule has 0 unspecified atom stereocenters.